The van der Waals surface area contributed by atoms with Crippen LogP contribution in [0.2, 0.25) is 0 Å². The van der Waals surface area contributed by atoms with Crippen molar-refractivity contribution in [2.24, 2.45) is 5.92 Å². The third kappa shape index (κ3) is 2.76. The number of carbonyl (C=O) groups is 1. The molecular weight excluding hydrogens is 330 g/mol. The van der Waals surface area contributed by atoms with E-state index in [2.05, 4.69) is 4.98 Å². The monoisotopic (exact) mass is 353 g/mol. The van der Waals surface area contributed by atoms with E-state index in [0.29, 0.717) is 23.3 Å². The lowest BCUT2D eigenvalue weighted by molar-refractivity contribution is -0.0317. The maximum absolute atomic E-state index is 12.7. The smallest absolute Gasteiger partial charge is 0.193 e. The number of aliphatic hydroxyl groups excluding tert-OH is 1. The van der Waals surface area contributed by atoms with Crippen molar-refractivity contribution in [3.05, 3.63) is 53.3 Å². The third-order valence-corrected chi connectivity index (χ3v) is 5.78. The Morgan fingerprint density at radius 1 is 1.19 bits per heavy atom. The SMILES string of the molecule is CC1(C)Oc2cc(C(=O)c3ccncc3)cc(O)c2[C@@H]2C[C@H](O)CC[C@H]21. The quantitative estimate of drug-likeness (QED) is 0.809. The van der Waals surface area contributed by atoms with Crippen molar-refractivity contribution in [1.29, 1.82) is 0 Å². The number of aromatic hydroxyl groups is 1. The van der Waals surface area contributed by atoms with Gasteiger partial charge < -0.3 is 14.9 Å². The summed E-state index contributed by atoms with van der Waals surface area (Å²) in [5.74, 6) is 0.689. The first-order chi connectivity index (χ1) is 12.4. The molecule has 2 heterocycles. The number of aliphatic hydroxyl groups is 1. The van der Waals surface area contributed by atoms with Crippen LogP contribution in [-0.4, -0.2) is 32.7 Å². The van der Waals surface area contributed by atoms with Crippen molar-refractivity contribution >= 4 is 5.78 Å². The lowest BCUT2D eigenvalue weighted by Crippen LogP contribution is -2.47. The Morgan fingerprint density at radius 2 is 1.92 bits per heavy atom. The van der Waals surface area contributed by atoms with Crippen molar-refractivity contribution in [1.82, 2.24) is 4.98 Å². The second kappa shape index (κ2) is 6.09. The maximum atomic E-state index is 12.7. The lowest BCUT2D eigenvalue weighted by atomic mass is 9.66. The minimum atomic E-state index is -0.414. The van der Waals surface area contributed by atoms with Crippen LogP contribution >= 0.6 is 0 Å². The summed E-state index contributed by atoms with van der Waals surface area (Å²) < 4.78 is 6.23. The fraction of sp³-hybridized carbons (Fsp3) is 0.429. The third-order valence-electron chi connectivity index (χ3n) is 5.78. The number of pyridine rings is 1. The Hall–Kier alpha value is -2.40. The fourth-order valence-electron chi connectivity index (χ4n) is 4.53. The van der Waals surface area contributed by atoms with Crippen LogP contribution in [-0.2, 0) is 0 Å². The van der Waals surface area contributed by atoms with Gasteiger partial charge in [-0.3, -0.25) is 9.78 Å². The van der Waals surface area contributed by atoms with Gasteiger partial charge in [-0.2, -0.15) is 0 Å². The molecule has 4 rings (SSSR count). The van der Waals surface area contributed by atoms with Gasteiger partial charge in [-0.25, -0.2) is 0 Å². The van der Waals surface area contributed by atoms with E-state index in [-0.39, 0.29) is 29.5 Å². The fourth-order valence-corrected chi connectivity index (χ4v) is 4.53. The molecule has 2 N–H and O–H groups in total. The number of phenols is 1. The maximum Gasteiger partial charge on any atom is 0.193 e. The standard InChI is InChI=1S/C21H23NO4/c1-21(2)16-4-3-14(23)11-15(16)19-17(24)9-13(10-18(19)26-21)20(25)12-5-7-22-8-6-12/h5-10,14-16,23-24H,3-4,11H2,1-2H3/t14-,15-,16-/m1/s1. The van der Waals surface area contributed by atoms with E-state index in [1.165, 1.54) is 6.07 Å². The number of nitrogens with zero attached hydrogens (tertiary/aromatic N) is 1. The highest BCUT2D eigenvalue weighted by molar-refractivity contribution is 6.09. The molecule has 1 aliphatic heterocycles. The predicted molar refractivity (Wildman–Crippen MR) is 96.6 cm³/mol. The minimum Gasteiger partial charge on any atom is -0.507 e. The zero-order valence-electron chi connectivity index (χ0n) is 15.0. The van der Waals surface area contributed by atoms with Crippen molar-refractivity contribution in [3.8, 4) is 11.5 Å². The first kappa shape index (κ1) is 17.0. The van der Waals surface area contributed by atoms with Crippen molar-refractivity contribution in [3.63, 3.8) is 0 Å². The molecule has 1 fully saturated rings. The summed E-state index contributed by atoms with van der Waals surface area (Å²) in [4.78, 5) is 16.7. The number of benzene rings is 1. The highest BCUT2D eigenvalue weighted by Gasteiger charge is 2.47. The Labute approximate surface area is 152 Å². The minimum absolute atomic E-state index is 0.0302. The van der Waals surface area contributed by atoms with E-state index in [4.69, 9.17) is 4.74 Å². The van der Waals surface area contributed by atoms with Crippen LogP contribution in [0.5, 0.6) is 11.5 Å². The zero-order chi connectivity index (χ0) is 18.5. The van der Waals surface area contributed by atoms with Gasteiger partial charge in [0, 0.05) is 40.9 Å². The zero-order valence-corrected chi connectivity index (χ0v) is 15.0. The predicted octanol–water partition coefficient (Wildman–Crippen LogP) is 3.43. The Morgan fingerprint density at radius 3 is 2.65 bits per heavy atom. The molecule has 136 valence electrons. The molecule has 1 saturated carbocycles. The highest BCUT2D eigenvalue weighted by Crippen LogP contribution is 2.54. The molecule has 3 atom stereocenters. The van der Waals surface area contributed by atoms with Gasteiger partial charge in [0.2, 0.25) is 0 Å². The van der Waals surface area contributed by atoms with E-state index in [1.807, 2.05) is 13.8 Å². The first-order valence-corrected chi connectivity index (χ1v) is 9.05. The summed E-state index contributed by atoms with van der Waals surface area (Å²) in [6.07, 6.45) is 4.99. The van der Waals surface area contributed by atoms with Gasteiger partial charge >= 0.3 is 0 Å². The molecule has 1 aromatic carbocycles. The molecule has 0 unspecified atom stereocenters. The average molecular weight is 353 g/mol. The number of ketones is 1. The van der Waals surface area contributed by atoms with Crippen LogP contribution in [0, 0.1) is 5.92 Å². The topological polar surface area (TPSA) is 79.7 Å². The van der Waals surface area contributed by atoms with Gasteiger partial charge in [-0.15, -0.1) is 0 Å². The molecule has 0 radical (unpaired) electrons. The molecule has 1 aliphatic carbocycles. The Balaban J connectivity index is 1.78. The number of fused-ring (bicyclic) bond motifs is 3. The Kier molecular flexibility index (Phi) is 3.99. The summed E-state index contributed by atoms with van der Waals surface area (Å²) in [6.45, 7) is 4.08. The van der Waals surface area contributed by atoms with E-state index in [1.54, 1.807) is 30.6 Å². The van der Waals surface area contributed by atoms with Crippen LogP contribution < -0.4 is 4.74 Å². The van der Waals surface area contributed by atoms with Crippen LogP contribution in [0.25, 0.3) is 0 Å². The van der Waals surface area contributed by atoms with Crippen LogP contribution in [0.4, 0.5) is 0 Å². The lowest BCUT2D eigenvalue weighted by Gasteiger charge is -2.48. The second-order valence-electron chi connectivity index (χ2n) is 7.86. The number of rotatable bonds is 2. The summed E-state index contributed by atoms with van der Waals surface area (Å²) >= 11 is 0. The molecule has 5 nitrogen and oxygen atoms in total. The average Bonchev–Trinajstić information content (AvgIpc) is 2.60. The molecular formula is C21H23NO4. The van der Waals surface area contributed by atoms with Crippen LogP contribution in [0.1, 0.15) is 60.5 Å². The summed E-state index contributed by atoms with van der Waals surface area (Å²) in [5, 5.41) is 20.8. The van der Waals surface area contributed by atoms with Gasteiger partial charge in [-0.1, -0.05) is 0 Å². The number of hydrogen-bond acceptors (Lipinski definition) is 5. The van der Waals surface area contributed by atoms with Crippen LogP contribution in [0.15, 0.2) is 36.7 Å². The van der Waals surface area contributed by atoms with Gasteiger partial charge in [0.15, 0.2) is 5.78 Å². The van der Waals surface area contributed by atoms with Gasteiger partial charge in [-0.05, 0) is 57.4 Å². The molecule has 2 aromatic rings. The number of aromatic nitrogens is 1. The first-order valence-electron chi connectivity index (χ1n) is 9.05. The van der Waals surface area contributed by atoms with Crippen molar-refractivity contribution in [2.45, 2.75) is 50.7 Å². The Bertz CT molecular complexity index is 847. The van der Waals surface area contributed by atoms with E-state index >= 15 is 0 Å². The van der Waals surface area contributed by atoms with Gasteiger partial charge in [0.1, 0.15) is 17.1 Å². The van der Waals surface area contributed by atoms with E-state index < -0.39 is 5.60 Å². The normalized spacial score (nSPS) is 26.3. The second-order valence-corrected chi connectivity index (χ2v) is 7.86. The number of phenolic OH excluding ortho intramolecular Hbond substituents is 1. The van der Waals surface area contributed by atoms with Crippen molar-refractivity contribution < 1.29 is 19.7 Å². The van der Waals surface area contributed by atoms with Crippen molar-refractivity contribution in [2.75, 3.05) is 0 Å². The van der Waals surface area contributed by atoms with E-state index in [9.17, 15) is 15.0 Å². The molecule has 0 bridgehead atoms. The number of ether oxygens (including phenoxy) is 1. The molecule has 0 spiro atoms. The molecule has 0 amide bonds. The summed E-state index contributed by atoms with van der Waals surface area (Å²) in [6, 6.07) is 6.53. The highest BCUT2D eigenvalue weighted by atomic mass is 16.5. The van der Waals surface area contributed by atoms with E-state index in [0.717, 1.165) is 18.4 Å². The summed E-state index contributed by atoms with van der Waals surface area (Å²) in [7, 11) is 0. The van der Waals surface area contributed by atoms with Gasteiger partial charge in [0.25, 0.3) is 0 Å². The molecule has 1 aromatic heterocycles. The molecule has 5 heteroatoms. The number of carbonyl (C=O) groups excluding carboxylic acids is 1. The van der Waals surface area contributed by atoms with Crippen LogP contribution in [0.3, 0.4) is 0 Å². The molecule has 0 saturated heterocycles. The van der Waals surface area contributed by atoms with Gasteiger partial charge in [0.05, 0.1) is 6.10 Å². The molecule has 26 heavy (non-hydrogen) atoms. The number of hydrogen-bond donors (Lipinski definition) is 2. The molecule has 2 aliphatic rings. The summed E-state index contributed by atoms with van der Waals surface area (Å²) in [5.41, 5.74) is 1.21. The largest absolute Gasteiger partial charge is 0.507 e.